The summed E-state index contributed by atoms with van der Waals surface area (Å²) in [6.07, 6.45) is 6.57. The van der Waals surface area contributed by atoms with Gasteiger partial charge in [-0.25, -0.2) is 0 Å². The van der Waals surface area contributed by atoms with Gasteiger partial charge in [0, 0.05) is 6.20 Å². The molecule has 1 rings (SSSR count). The van der Waals surface area contributed by atoms with Crippen LogP contribution in [0, 0.1) is 35.0 Å². The summed E-state index contributed by atoms with van der Waals surface area (Å²) < 4.78 is 0. The van der Waals surface area contributed by atoms with Crippen molar-refractivity contribution >= 4 is 40.5 Å². The molecular formula is C13H6Cl3N3. The van der Waals surface area contributed by atoms with Crippen molar-refractivity contribution in [3.63, 3.8) is 0 Å². The van der Waals surface area contributed by atoms with E-state index in [1.807, 2.05) is 0 Å². The fraction of sp³-hybridized carbons (Fsp3) is 0.0769. The Balaban J connectivity index is 3.34. The van der Waals surface area contributed by atoms with Gasteiger partial charge in [0.2, 0.25) is 0 Å². The quantitative estimate of drug-likeness (QED) is 0.481. The van der Waals surface area contributed by atoms with E-state index in [-0.39, 0.29) is 12.1 Å². The Morgan fingerprint density at radius 3 is 2.26 bits per heavy atom. The second-order valence-electron chi connectivity index (χ2n) is 3.32. The van der Waals surface area contributed by atoms with Gasteiger partial charge >= 0.3 is 0 Å². The van der Waals surface area contributed by atoms with Gasteiger partial charge in [-0.3, -0.25) is 0 Å². The smallest absolute Gasteiger partial charge is 0.145 e. The molecule has 6 heteroatoms. The number of allylic oxidation sites excluding steroid dienone is 1. The second kappa shape index (κ2) is 6.93. The van der Waals surface area contributed by atoms with Gasteiger partial charge in [0.15, 0.2) is 0 Å². The Bertz CT molecular complexity index is 629. The third-order valence-electron chi connectivity index (χ3n) is 2.09. The van der Waals surface area contributed by atoms with Gasteiger partial charge in [0.05, 0.1) is 27.3 Å². The highest BCUT2D eigenvalue weighted by atomic mass is 35.5. The summed E-state index contributed by atoms with van der Waals surface area (Å²) in [5.41, 5.74) is 0.370. The molecule has 0 radical (unpaired) electrons. The number of hydrogen-bond donors (Lipinski definition) is 0. The first-order valence-corrected chi connectivity index (χ1v) is 6.03. The molecule has 0 spiro atoms. The van der Waals surface area contributed by atoms with Crippen LogP contribution in [-0.4, -0.2) is 6.54 Å². The summed E-state index contributed by atoms with van der Waals surface area (Å²) in [5, 5.41) is 18.4. The molecule has 0 aliphatic rings. The van der Waals surface area contributed by atoms with Crippen molar-refractivity contribution in [3.05, 3.63) is 39.0 Å². The van der Waals surface area contributed by atoms with E-state index in [2.05, 4.69) is 5.92 Å². The number of hydrogen-bond acceptors (Lipinski definition) is 3. The summed E-state index contributed by atoms with van der Waals surface area (Å²) in [7, 11) is 0. The second-order valence-corrected chi connectivity index (χ2v) is 4.54. The summed E-state index contributed by atoms with van der Waals surface area (Å²) in [6, 6.07) is 6.48. The first-order valence-electron chi connectivity index (χ1n) is 4.90. The highest BCUT2D eigenvalue weighted by Crippen LogP contribution is 2.34. The van der Waals surface area contributed by atoms with Crippen LogP contribution >= 0.6 is 34.8 Å². The lowest BCUT2D eigenvalue weighted by Crippen LogP contribution is -2.17. The molecule has 1 aromatic carbocycles. The van der Waals surface area contributed by atoms with Gasteiger partial charge in [-0.05, 0) is 12.1 Å². The van der Waals surface area contributed by atoms with E-state index in [1.165, 1.54) is 23.2 Å². The van der Waals surface area contributed by atoms with Gasteiger partial charge < -0.3 is 4.90 Å². The van der Waals surface area contributed by atoms with Crippen LogP contribution in [0.25, 0.3) is 0 Å². The number of halogens is 3. The lowest BCUT2D eigenvalue weighted by molar-refractivity contribution is 1.11. The van der Waals surface area contributed by atoms with E-state index < -0.39 is 0 Å². The highest BCUT2D eigenvalue weighted by Gasteiger charge is 2.12. The normalized spacial score (nSPS) is 8.84. The van der Waals surface area contributed by atoms with Crippen molar-refractivity contribution in [1.82, 2.24) is 0 Å². The van der Waals surface area contributed by atoms with Crippen LogP contribution in [0.4, 0.5) is 5.69 Å². The first-order chi connectivity index (χ1) is 9.03. The Morgan fingerprint density at radius 1 is 1.16 bits per heavy atom. The average Bonchev–Trinajstić information content (AvgIpc) is 2.39. The molecule has 0 N–H and O–H groups in total. The van der Waals surface area contributed by atoms with Crippen LogP contribution in [0.1, 0.15) is 0 Å². The van der Waals surface area contributed by atoms with Gasteiger partial charge in [-0.2, -0.15) is 10.5 Å². The minimum absolute atomic E-state index is 0.0996. The average molecular weight is 311 g/mol. The highest BCUT2D eigenvalue weighted by molar-refractivity contribution is 6.44. The van der Waals surface area contributed by atoms with Crippen LogP contribution in [0.5, 0.6) is 0 Å². The van der Waals surface area contributed by atoms with Gasteiger partial charge in [-0.1, -0.05) is 40.7 Å². The number of nitriles is 2. The molecule has 1 aromatic rings. The van der Waals surface area contributed by atoms with E-state index in [0.29, 0.717) is 20.8 Å². The molecule has 3 nitrogen and oxygen atoms in total. The molecular weight excluding hydrogens is 305 g/mol. The van der Waals surface area contributed by atoms with E-state index in [9.17, 15) is 0 Å². The largest absolute Gasteiger partial charge is 0.333 e. The third kappa shape index (κ3) is 3.82. The molecule has 0 aromatic heterocycles. The van der Waals surface area contributed by atoms with Crippen LogP contribution in [0.2, 0.25) is 15.1 Å². The molecule has 0 atom stereocenters. The maximum absolute atomic E-state index is 8.76. The zero-order chi connectivity index (χ0) is 14.4. The van der Waals surface area contributed by atoms with E-state index in [4.69, 9.17) is 51.7 Å². The Hall–Kier alpha value is -1.83. The Kier molecular flexibility index (Phi) is 5.56. The number of anilines is 1. The Labute approximate surface area is 126 Å². The number of benzene rings is 1. The molecule has 0 fully saturated rings. The Morgan fingerprint density at radius 2 is 1.74 bits per heavy atom. The lowest BCUT2D eigenvalue weighted by Gasteiger charge is -2.19. The van der Waals surface area contributed by atoms with Crippen LogP contribution in [0.3, 0.4) is 0 Å². The number of nitrogens with zero attached hydrogens (tertiary/aromatic N) is 3. The van der Waals surface area contributed by atoms with Crippen molar-refractivity contribution in [2.45, 2.75) is 0 Å². The summed E-state index contributed by atoms with van der Waals surface area (Å²) in [6.45, 7) is 0.130. The van der Waals surface area contributed by atoms with E-state index >= 15 is 0 Å². The SMILES string of the molecule is C#CCN(C=C(C#N)C#N)c1cc(Cl)c(Cl)cc1Cl. The number of terminal acetylenes is 1. The van der Waals surface area contributed by atoms with Crippen LogP contribution < -0.4 is 4.90 Å². The summed E-state index contributed by atoms with van der Waals surface area (Å²) in [4.78, 5) is 1.48. The van der Waals surface area contributed by atoms with Crippen molar-refractivity contribution in [1.29, 1.82) is 10.5 Å². The minimum atomic E-state index is -0.0996. The first kappa shape index (κ1) is 15.2. The fourth-order valence-electron chi connectivity index (χ4n) is 1.27. The molecule has 0 heterocycles. The number of rotatable bonds is 3. The lowest BCUT2D eigenvalue weighted by atomic mass is 10.2. The van der Waals surface area contributed by atoms with Gasteiger partial charge in [-0.15, -0.1) is 6.42 Å². The van der Waals surface area contributed by atoms with Gasteiger partial charge in [0.1, 0.15) is 17.7 Å². The summed E-state index contributed by atoms with van der Waals surface area (Å²) in [5.74, 6) is 2.41. The predicted molar refractivity (Wildman–Crippen MR) is 77.0 cm³/mol. The molecule has 19 heavy (non-hydrogen) atoms. The van der Waals surface area contributed by atoms with E-state index in [0.717, 1.165) is 0 Å². The molecule has 0 saturated heterocycles. The third-order valence-corrected chi connectivity index (χ3v) is 3.11. The molecule has 0 amide bonds. The van der Waals surface area contributed by atoms with Gasteiger partial charge in [0.25, 0.3) is 0 Å². The maximum atomic E-state index is 8.76. The molecule has 0 aliphatic heterocycles. The molecule has 94 valence electrons. The standard InChI is InChI=1S/C13H6Cl3N3/c1-2-3-19(8-9(6-17)7-18)13-5-11(15)10(14)4-12(13)16/h1,4-5,8H,3H2. The zero-order valence-electron chi connectivity index (χ0n) is 9.49. The molecule has 0 unspecified atom stereocenters. The van der Waals surface area contributed by atoms with E-state index in [1.54, 1.807) is 12.1 Å². The fourth-order valence-corrected chi connectivity index (χ4v) is 1.92. The molecule has 0 saturated carbocycles. The molecule has 0 aliphatic carbocycles. The van der Waals surface area contributed by atoms with Crippen molar-refractivity contribution < 1.29 is 0 Å². The van der Waals surface area contributed by atoms with Crippen molar-refractivity contribution in [2.24, 2.45) is 0 Å². The predicted octanol–water partition coefficient (Wildman–Crippen LogP) is 4.02. The van der Waals surface area contributed by atoms with Crippen LogP contribution in [-0.2, 0) is 0 Å². The maximum Gasteiger partial charge on any atom is 0.145 e. The zero-order valence-corrected chi connectivity index (χ0v) is 11.8. The molecule has 0 bridgehead atoms. The van der Waals surface area contributed by atoms with Crippen molar-refractivity contribution in [2.75, 3.05) is 11.4 Å². The summed E-state index contributed by atoms with van der Waals surface area (Å²) >= 11 is 17.8. The monoisotopic (exact) mass is 309 g/mol. The van der Waals surface area contributed by atoms with Crippen LogP contribution in [0.15, 0.2) is 23.9 Å². The topological polar surface area (TPSA) is 50.8 Å². The minimum Gasteiger partial charge on any atom is -0.333 e. The van der Waals surface area contributed by atoms with Crippen molar-refractivity contribution in [3.8, 4) is 24.5 Å².